The van der Waals surface area contributed by atoms with Crippen LogP contribution in [0, 0.1) is 11.2 Å². The van der Waals surface area contributed by atoms with Crippen LogP contribution in [-0.2, 0) is 14.3 Å². The molecule has 1 aromatic carbocycles. The monoisotopic (exact) mass is 490 g/mol. The SMILES string of the molecule is CC.CC(=O)OC(C)(C)C.CC1(CC=O)CC1.CNc1cc(Br)c(F)cc1C(N)=O. The Hall–Kier alpha value is -1.96. The van der Waals surface area contributed by atoms with E-state index in [0.717, 1.165) is 18.8 Å². The smallest absolute Gasteiger partial charge is 0.303 e. The van der Waals surface area contributed by atoms with Gasteiger partial charge in [-0.15, -0.1) is 0 Å². The number of anilines is 1. The third-order valence-corrected chi connectivity index (χ3v) is 4.33. The lowest BCUT2D eigenvalue weighted by molar-refractivity contribution is -0.151. The summed E-state index contributed by atoms with van der Waals surface area (Å²) in [5.41, 5.74) is 5.80. The van der Waals surface area contributed by atoms with Crippen LogP contribution >= 0.6 is 15.9 Å². The summed E-state index contributed by atoms with van der Waals surface area (Å²) >= 11 is 3.00. The van der Waals surface area contributed by atoms with Gasteiger partial charge in [0.25, 0.3) is 5.91 Å². The molecular formula is C22H36BrFN2O4. The standard InChI is InChI=1S/C8H8BrFN2O.C6H12O2.C6H10O.C2H6/c1-12-7-3-5(9)6(10)2-4(7)8(11)13;1-5(7)8-6(2,3)4;1-6(2-3-6)4-5-7;1-2/h2-3,12H,1H3,(H2,11,13);1-4H3;5H,2-4H2,1H3;1-2H3. The van der Waals surface area contributed by atoms with Crippen molar-refractivity contribution in [3.63, 3.8) is 0 Å². The van der Waals surface area contributed by atoms with Crippen molar-refractivity contribution in [3.8, 4) is 0 Å². The van der Waals surface area contributed by atoms with E-state index in [1.54, 1.807) is 7.05 Å². The lowest BCUT2D eigenvalue weighted by Crippen LogP contribution is -2.21. The van der Waals surface area contributed by atoms with Crippen LogP contribution in [0.4, 0.5) is 10.1 Å². The Morgan fingerprint density at radius 3 is 2.03 bits per heavy atom. The molecule has 3 N–H and O–H groups in total. The normalized spacial score (nSPS) is 13.0. The van der Waals surface area contributed by atoms with E-state index >= 15 is 0 Å². The minimum Gasteiger partial charge on any atom is -0.460 e. The Bertz CT molecular complexity index is 699. The molecule has 1 fully saturated rings. The van der Waals surface area contributed by atoms with E-state index in [2.05, 4.69) is 28.2 Å². The molecule has 0 unspecified atom stereocenters. The molecule has 1 saturated carbocycles. The molecule has 6 nitrogen and oxygen atoms in total. The predicted octanol–water partition coefficient (Wildman–Crippen LogP) is 5.48. The lowest BCUT2D eigenvalue weighted by Gasteiger charge is -2.17. The summed E-state index contributed by atoms with van der Waals surface area (Å²) in [6, 6.07) is 2.56. The number of primary amides is 1. The highest BCUT2D eigenvalue weighted by Gasteiger charge is 2.36. The van der Waals surface area contributed by atoms with Gasteiger partial charge < -0.3 is 20.6 Å². The molecule has 0 aliphatic heterocycles. The summed E-state index contributed by atoms with van der Waals surface area (Å²) in [6.07, 6.45) is 4.30. The minimum atomic E-state index is -0.657. The molecule has 30 heavy (non-hydrogen) atoms. The molecule has 0 aromatic heterocycles. The van der Waals surface area contributed by atoms with E-state index in [1.165, 1.54) is 25.8 Å². The molecule has 0 heterocycles. The van der Waals surface area contributed by atoms with Crippen molar-refractivity contribution in [1.29, 1.82) is 0 Å². The molecule has 0 atom stereocenters. The molecule has 172 valence electrons. The van der Waals surface area contributed by atoms with Gasteiger partial charge >= 0.3 is 5.97 Å². The van der Waals surface area contributed by atoms with E-state index in [9.17, 15) is 18.8 Å². The molecule has 0 saturated heterocycles. The lowest BCUT2D eigenvalue weighted by atomic mass is 10.1. The van der Waals surface area contributed by atoms with Crippen molar-refractivity contribution < 1.29 is 23.5 Å². The summed E-state index contributed by atoms with van der Waals surface area (Å²) < 4.78 is 18.1. The highest BCUT2D eigenvalue weighted by molar-refractivity contribution is 9.10. The van der Waals surface area contributed by atoms with Crippen molar-refractivity contribution in [3.05, 3.63) is 28.0 Å². The maximum absolute atomic E-state index is 13.0. The molecule has 1 aromatic rings. The molecule has 1 aliphatic rings. The van der Waals surface area contributed by atoms with Gasteiger partial charge in [0.05, 0.1) is 10.0 Å². The number of rotatable bonds is 4. The Balaban J connectivity index is 0. The quantitative estimate of drug-likeness (QED) is 0.430. The van der Waals surface area contributed by atoms with Crippen LogP contribution in [0.15, 0.2) is 16.6 Å². The Kier molecular flexibility index (Phi) is 14.2. The van der Waals surface area contributed by atoms with E-state index in [1.807, 2.05) is 34.6 Å². The van der Waals surface area contributed by atoms with Crippen LogP contribution in [0.25, 0.3) is 0 Å². The Labute approximate surface area is 188 Å². The van der Waals surface area contributed by atoms with Crippen molar-refractivity contribution in [2.45, 2.75) is 73.3 Å². The second kappa shape index (κ2) is 14.1. The van der Waals surface area contributed by atoms with Crippen molar-refractivity contribution >= 4 is 39.8 Å². The number of hydrogen-bond acceptors (Lipinski definition) is 5. The van der Waals surface area contributed by atoms with Crippen LogP contribution in [0.3, 0.4) is 0 Å². The van der Waals surface area contributed by atoms with Gasteiger partial charge in [-0.3, -0.25) is 9.59 Å². The largest absolute Gasteiger partial charge is 0.460 e. The van der Waals surface area contributed by atoms with Gasteiger partial charge in [0.15, 0.2) is 0 Å². The van der Waals surface area contributed by atoms with Gasteiger partial charge in [0.2, 0.25) is 0 Å². The van der Waals surface area contributed by atoms with Crippen LogP contribution in [0.5, 0.6) is 0 Å². The van der Waals surface area contributed by atoms with Crippen LogP contribution < -0.4 is 11.1 Å². The number of hydrogen-bond donors (Lipinski definition) is 2. The van der Waals surface area contributed by atoms with Crippen LogP contribution in [0.1, 0.15) is 78.1 Å². The van der Waals surface area contributed by atoms with Crippen molar-refractivity contribution in [1.82, 2.24) is 0 Å². The first-order chi connectivity index (χ1) is 13.7. The number of carbonyl (C=O) groups is 3. The van der Waals surface area contributed by atoms with Gasteiger partial charge in [0, 0.05) is 26.1 Å². The molecular weight excluding hydrogens is 455 g/mol. The van der Waals surface area contributed by atoms with Gasteiger partial charge in [-0.25, -0.2) is 4.39 Å². The molecule has 1 aliphatic carbocycles. The maximum atomic E-state index is 13.0. The molecule has 0 spiro atoms. The predicted molar refractivity (Wildman–Crippen MR) is 123 cm³/mol. The maximum Gasteiger partial charge on any atom is 0.303 e. The summed E-state index contributed by atoms with van der Waals surface area (Å²) in [6.45, 7) is 13.1. The zero-order valence-electron chi connectivity index (χ0n) is 19.3. The van der Waals surface area contributed by atoms with Gasteiger partial charge in [-0.1, -0.05) is 20.8 Å². The number of halogens is 2. The second-order valence-electron chi connectivity index (χ2n) is 7.81. The fraction of sp³-hybridized carbons (Fsp3) is 0.591. The Morgan fingerprint density at radius 1 is 1.30 bits per heavy atom. The molecule has 0 bridgehead atoms. The van der Waals surface area contributed by atoms with E-state index in [-0.39, 0.29) is 17.1 Å². The number of ether oxygens (including phenoxy) is 1. The number of nitrogens with two attached hydrogens (primary N) is 1. The number of nitrogens with one attached hydrogen (secondary N) is 1. The molecule has 2 rings (SSSR count). The van der Waals surface area contributed by atoms with Gasteiger partial charge in [0.1, 0.15) is 17.7 Å². The summed E-state index contributed by atoms with van der Waals surface area (Å²) in [4.78, 5) is 30.9. The fourth-order valence-electron chi connectivity index (χ4n) is 2.01. The third-order valence-electron chi connectivity index (χ3n) is 3.72. The molecule has 0 radical (unpaired) electrons. The number of carbonyl (C=O) groups excluding carboxylic acids is 3. The van der Waals surface area contributed by atoms with Crippen LogP contribution in [0.2, 0.25) is 0 Å². The fourth-order valence-corrected chi connectivity index (χ4v) is 2.35. The minimum absolute atomic E-state index is 0.142. The first-order valence-electron chi connectivity index (χ1n) is 9.84. The van der Waals surface area contributed by atoms with Crippen LogP contribution in [-0.4, -0.2) is 30.8 Å². The van der Waals surface area contributed by atoms with Gasteiger partial charge in [-0.05, 0) is 67.1 Å². The first kappa shape index (κ1) is 30.2. The van der Waals surface area contributed by atoms with Crippen molar-refractivity contribution in [2.24, 2.45) is 11.1 Å². The van der Waals surface area contributed by atoms with E-state index in [0.29, 0.717) is 15.6 Å². The second-order valence-corrected chi connectivity index (χ2v) is 8.67. The summed E-state index contributed by atoms with van der Waals surface area (Å²) in [5, 5.41) is 2.75. The zero-order valence-corrected chi connectivity index (χ0v) is 20.9. The number of amides is 1. The highest BCUT2D eigenvalue weighted by atomic mass is 79.9. The molecule has 8 heteroatoms. The first-order valence-corrected chi connectivity index (χ1v) is 10.6. The summed E-state index contributed by atoms with van der Waals surface area (Å²) in [7, 11) is 1.63. The number of benzene rings is 1. The van der Waals surface area contributed by atoms with E-state index in [4.69, 9.17) is 10.5 Å². The van der Waals surface area contributed by atoms with E-state index < -0.39 is 11.7 Å². The molecule has 1 amide bonds. The highest BCUT2D eigenvalue weighted by Crippen LogP contribution is 2.47. The number of esters is 1. The van der Waals surface area contributed by atoms with Gasteiger partial charge in [-0.2, -0.15) is 0 Å². The third kappa shape index (κ3) is 14.1. The topological polar surface area (TPSA) is 98.5 Å². The number of aldehydes is 1. The Morgan fingerprint density at radius 2 is 1.80 bits per heavy atom. The van der Waals surface area contributed by atoms with Crippen molar-refractivity contribution in [2.75, 3.05) is 12.4 Å². The summed E-state index contributed by atoms with van der Waals surface area (Å²) in [5.74, 6) is -1.39. The average molecular weight is 491 g/mol. The average Bonchev–Trinajstić information content (AvgIpc) is 3.34. The zero-order chi connectivity index (χ0) is 24.1.